The first kappa shape index (κ1) is 15.3. The highest BCUT2D eigenvalue weighted by Crippen LogP contribution is 2.22. The Morgan fingerprint density at radius 2 is 2.05 bits per heavy atom. The van der Waals surface area contributed by atoms with E-state index < -0.39 is 0 Å². The van der Waals surface area contributed by atoms with Gasteiger partial charge < -0.3 is 20.3 Å². The summed E-state index contributed by atoms with van der Waals surface area (Å²) in [6, 6.07) is 5.58. The summed E-state index contributed by atoms with van der Waals surface area (Å²) in [6.45, 7) is 3.89. The smallest absolute Gasteiger partial charge is 0.260 e. The molecule has 1 aliphatic heterocycles. The Balaban J connectivity index is 1.87. The van der Waals surface area contributed by atoms with Crippen molar-refractivity contribution in [2.75, 3.05) is 39.8 Å². The molecule has 0 saturated carbocycles. The van der Waals surface area contributed by atoms with Crippen molar-refractivity contribution >= 4 is 21.8 Å². The fraction of sp³-hybridized carbons (Fsp3) is 0.500. The van der Waals surface area contributed by atoms with Crippen molar-refractivity contribution in [1.82, 2.24) is 9.80 Å². The van der Waals surface area contributed by atoms with Crippen molar-refractivity contribution in [3.8, 4) is 5.75 Å². The Morgan fingerprint density at radius 3 is 2.70 bits per heavy atom. The fourth-order valence-electron chi connectivity index (χ4n) is 2.09. The van der Waals surface area contributed by atoms with Gasteiger partial charge in [-0.1, -0.05) is 15.9 Å². The first-order valence-corrected chi connectivity index (χ1v) is 7.47. The first-order valence-electron chi connectivity index (χ1n) is 6.68. The Kier molecular flexibility index (Phi) is 5.39. The zero-order valence-corrected chi connectivity index (χ0v) is 13.2. The number of halogens is 1. The third-order valence-corrected chi connectivity index (χ3v) is 4.23. The van der Waals surface area contributed by atoms with Crippen molar-refractivity contribution < 1.29 is 9.53 Å². The summed E-state index contributed by atoms with van der Waals surface area (Å²) in [5, 5.41) is 0. The molecule has 1 amide bonds. The molecule has 1 aromatic rings. The number of nitrogens with two attached hydrogens (primary N) is 1. The number of hydrogen-bond donors (Lipinski definition) is 1. The Hall–Kier alpha value is -1.11. The van der Waals surface area contributed by atoms with Crippen LogP contribution in [-0.2, 0) is 11.3 Å². The van der Waals surface area contributed by atoms with Crippen LogP contribution < -0.4 is 10.5 Å². The summed E-state index contributed by atoms with van der Waals surface area (Å²) in [4.78, 5) is 16.1. The quantitative estimate of drug-likeness (QED) is 0.889. The van der Waals surface area contributed by atoms with Gasteiger partial charge in [-0.25, -0.2) is 0 Å². The van der Waals surface area contributed by atoms with Gasteiger partial charge in [-0.3, -0.25) is 4.79 Å². The average Bonchev–Trinajstić information content (AvgIpc) is 2.46. The molecule has 1 aliphatic rings. The molecule has 0 radical (unpaired) electrons. The number of carbonyl (C=O) groups is 1. The van der Waals surface area contributed by atoms with Crippen LogP contribution in [0, 0.1) is 0 Å². The van der Waals surface area contributed by atoms with Crippen LogP contribution >= 0.6 is 15.9 Å². The summed E-state index contributed by atoms with van der Waals surface area (Å²) in [5.74, 6) is 0.714. The maximum Gasteiger partial charge on any atom is 0.260 e. The van der Waals surface area contributed by atoms with E-state index >= 15 is 0 Å². The molecular weight excluding hydrogens is 322 g/mol. The molecular formula is C14H20BrN3O2. The molecule has 0 unspecified atom stereocenters. The van der Waals surface area contributed by atoms with Crippen LogP contribution in [0.4, 0.5) is 0 Å². The molecule has 0 atom stereocenters. The van der Waals surface area contributed by atoms with Crippen LogP contribution in [0.5, 0.6) is 5.75 Å². The number of hydrogen-bond acceptors (Lipinski definition) is 4. The van der Waals surface area contributed by atoms with Gasteiger partial charge in [-0.15, -0.1) is 0 Å². The second-order valence-electron chi connectivity index (χ2n) is 4.93. The Morgan fingerprint density at radius 1 is 1.35 bits per heavy atom. The third-order valence-electron chi connectivity index (χ3n) is 3.46. The lowest BCUT2D eigenvalue weighted by atomic mass is 10.2. The lowest BCUT2D eigenvalue weighted by molar-refractivity contribution is -0.134. The molecule has 110 valence electrons. The summed E-state index contributed by atoms with van der Waals surface area (Å²) in [7, 11) is 2.06. The van der Waals surface area contributed by atoms with E-state index in [2.05, 4.69) is 27.9 Å². The van der Waals surface area contributed by atoms with E-state index in [0.717, 1.165) is 36.2 Å². The zero-order valence-electron chi connectivity index (χ0n) is 11.6. The van der Waals surface area contributed by atoms with Crippen molar-refractivity contribution in [1.29, 1.82) is 0 Å². The minimum Gasteiger partial charge on any atom is -0.484 e. The van der Waals surface area contributed by atoms with Gasteiger partial charge in [0.1, 0.15) is 5.75 Å². The fourth-order valence-corrected chi connectivity index (χ4v) is 2.50. The predicted molar refractivity (Wildman–Crippen MR) is 81.6 cm³/mol. The molecule has 1 aromatic carbocycles. The van der Waals surface area contributed by atoms with E-state index in [9.17, 15) is 4.79 Å². The van der Waals surface area contributed by atoms with E-state index in [1.54, 1.807) is 0 Å². The number of ether oxygens (including phenoxy) is 1. The number of benzene rings is 1. The monoisotopic (exact) mass is 341 g/mol. The second-order valence-corrected chi connectivity index (χ2v) is 5.78. The Labute approximate surface area is 127 Å². The summed E-state index contributed by atoms with van der Waals surface area (Å²) < 4.78 is 6.52. The van der Waals surface area contributed by atoms with Crippen molar-refractivity contribution in [3.05, 3.63) is 28.2 Å². The van der Waals surface area contributed by atoms with E-state index in [4.69, 9.17) is 10.5 Å². The normalized spacial score (nSPS) is 16.2. The van der Waals surface area contributed by atoms with Crippen LogP contribution in [0.1, 0.15) is 5.56 Å². The minimum absolute atomic E-state index is 0.0373. The molecule has 2 rings (SSSR count). The second kappa shape index (κ2) is 7.06. The Bertz CT molecular complexity index is 473. The number of amides is 1. The highest BCUT2D eigenvalue weighted by atomic mass is 79.9. The van der Waals surface area contributed by atoms with Crippen LogP contribution in [0.15, 0.2) is 22.7 Å². The minimum atomic E-state index is 0.0373. The molecule has 0 aliphatic carbocycles. The van der Waals surface area contributed by atoms with Crippen LogP contribution in [-0.4, -0.2) is 55.5 Å². The maximum atomic E-state index is 12.0. The van der Waals surface area contributed by atoms with Gasteiger partial charge in [-0.05, 0) is 30.8 Å². The highest BCUT2D eigenvalue weighted by Gasteiger charge is 2.19. The molecule has 2 N–H and O–H groups in total. The standard InChI is InChI=1S/C14H20BrN3O2/c1-17-4-6-18(7-5-17)14(19)10-20-12-2-3-13(15)11(8-12)9-16/h2-3,8H,4-7,9-10,16H2,1H3. The van der Waals surface area contributed by atoms with Gasteiger partial charge in [0.15, 0.2) is 6.61 Å². The van der Waals surface area contributed by atoms with E-state index in [-0.39, 0.29) is 12.5 Å². The molecule has 5 nitrogen and oxygen atoms in total. The zero-order chi connectivity index (χ0) is 14.5. The number of likely N-dealkylation sites (N-methyl/N-ethyl adjacent to an activating group) is 1. The largest absolute Gasteiger partial charge is 0.484 e. The number of carbonyl (C=O) groups excluding carboxylic acids is 1. The molecule has 20 heavy (non-hydrogen) atoms. The van der Waals surface area contributed by atoms with Crippen molar-refractivity contribution in [2.45, 2.75) is 6.54 Å². The van der Waals surface area contributed by atoms with Gasteiger partial charge in [0.05, 0.1) is 0 Å². The van der Waals surface area contributed by atoms with Gasteiger partial charge in [-0.2, -0.15) is 0 Å². The lowest BCUT2D eigenvalue weighted by Gasteiger charge is -2.32. The van der Waals surface area contributed by atoms with Gasteiger partial charge in [0.2, 0.25) is 0 Å². The molecule has 1 heterocycles. The summed E-state index contributed by atoms with van der Waals surface area (Å²) in [5.41, 5.74) is 6.61. The number of piperazine rings is 1. The molecule has 0 aromatic heterocycles. The number of nitrogens with zero attached hydrogens (tertiary/aromatic N) is 2. The van der Waals surface area contributed by atoms with Crippen LogP contribution in [0.2, 0.25) is 0 Å². The van der Waals surface area contributed by atoms with Gasteiger partial charge >= 0.3 is 0 Å². The first-order chi connectivity index (χ1) is 9.60. The SMILES string of the molecule is CN1CCN(C(=O)COc2ccc(Br)c(CN)c2)CC1. The predicted octanol–water partition coefficient (Wildman–Crippen LogP) is 1.06. The molecule has 0 bridgehead atoms. The van der Waals surface area contributed by atoms with Gasteiger partial charge in [0, 0.05) is 37.2 Å². The van der Waals surface area contributed by atoms with Crippen LogP contribution in [0.3, 0.4) is 0 Å². The van der Waals surface area contributed by atoms with Crippen molar-refractivity contribution in [3.63, 3.8) is 0 Å². The third kappa shape index (κ3) is 3.94. The maximum absolute atomic E-state index is 12.0. The molecule has 6 heteroatoms. The molecule has 1 fully saturated rings. The van der Waals surface area contributed by atoms with E-state index in [0.29, 0.717) is 12.3 Å². The molecule has 1 saturated heterocycles. The van der Waals surface area contributed by atoms with E-state index in [1.807, 2.05) is 23.1 Å². The van der Waals surface area contributed by atoms with Crippen molar-refractivity contribution in [2.24, 2.45) is 5.73 Å². The molecule has 0 spiro atoms. The number of rotatable bonds is 4. The van der Waals surface area contributed by atoms with E-state index in [1.165, 1.54) is 0 Å². The topological polar surface area (TPSA) is 58.8 Å². The lowest BCUT2D eigenvalue weighted by Crippen LogP contribution is -2.48. The highest BCUT2D eigenvalue weighted by molar-refractivity contribution is 9.10. The average molecular weight is 342 g/mol. The van der Waals surface area contributed by atoms with Crippen LogP contribution in [0.25, 0.3) is 0 Å². The summed E-state index contributed by atoms with van der Waals surface area (Å²) >= 11 is 3.42. The van der Waals surface area contributed by atoms with Gasteiger partial charge in [0.25, 0.3) is 5.91 Å². The summed E-state index contributed by atoms with van der Waals surface area (Å²) in [6.07, 6.45) is 0.